The average Bonchev–Trinajstić information content (AvgIpc) is 3.06. The number of nitrogens with two attached hydrogens (primary N) is 4. The van der Waals surface area contributed by atoms with Gasteiger partial charge in [0.1, 0.15) is 36.3 Å². The van der Waals surface area contributed by atoms with Crippen LogP contribution in [0.4, 0.5) is 0 Å². The van der Waals surface area contributed by atoms with Gasteiger partial charge < -0.3 is 80.4 Å². The van der Waals surface area contributed by atoms with Gasteiger partial charge >= 0.3 is 11.9 Å². The van der Waals surface area contributed by atoms with Gasteiger partial charge in [-0.3, -0.25) is 43.3 Å². The van der Waals surface area contributed by atoms with E-state index in [0.29, 0.717) is 0 Å². The van der Waals surface area contributed by atoms with Gasteiger partial charge in [-0.05, 0) is 33.1 Å². The lowest BCUT2D eigenvalue weighted by Crippen LogP contribution is -2.62. The highest BCUT2D eigenvalue weighted by molar-refractivity contribution is 5.97. The number of nitrogens with zero attached hydrogens (tertiary/aromatic N) is 1. The zero-order chi connectivity index (χ0) is 41.0. The second-order valence-corrected chi connectivity index (χ2v) is 11.6. The summed E-state index contributed by atoms with van der Waals surface area (Å²) in [7, 11) is 0. The zero-order valence-corrected chi connectivity index (χ0v) is 28.9. The molecule has 0 aliphatic rings. The molecule has 0 heterocycles. The number of aliphatic hydroxyl groups is 3. The van der Waals surface area contributed by atoms with Crippen LogP contribution in [0.5, 0.6) is 0 Å². The second kappa shape index (κ2) is 23.7. The molecule has 0 unspecified atom stereocenters. The number of hydrogen-bond donors (Lipinski definition) is 15. The summed E-state index contributed by atoms with van der Waals surface area (Å²) in [4.78, 5) is 114. The van der Waals surface area contributed by atoms with Crippen molar-refractivity contribution in [2.45, 2.75) is 94.3 Å². The van der Waals surface area contributed by atoms with Crippen molar-refractivity contribution in [2.24, 2.45) is 27.9 Å². The molecule has 0 aromatic heterocycles. The lowest BCUT2D eigenvalue weighted by Gasteiger charge is -2.27. The number of aliphatic imine (C=N–C) groups is 1. The molecule has 19 N–H and O–H groups in total. The molecule has 0 rings (SSSR count). The largest absolute Gasteiger partial charge is 0.481 e. The summed E-state index contributed by atoms with van der Waals surface area (Å²) >= 11 is 0. The van der Waals surface area contributed by atoms with E-state index in [0.717, 1.165) is 6.92 Å². The van der Waals surface area contributed by atoms with E-state index in [9.17, 15) is 58.5 Å². The third-order valence-corrected chi connectivity index (χ3v) is 7.04. The first-order chi connectivity index (χ1) is 24.6. The molecular weight excluding hydrogens is 714 g/mol. The molecule has 53 heavy (non-hydrogen) atoms. The molecular formula is C28H49N11O14. The van der Waals surface area contributed by atoms with Crippen LogP contribution < -0.4 is 54.8 Å². The first kappa shape index (κ1) is 47.3. The Balaban J connectivity index is 6.05. The van der Waals surface area contributed by atoms with Crippen LogP contribution in [0.2, 0.25) is 0 Å². The number of nitrogens with one attached hydrogen (secondary N) is 6. The minimum absolute atomic E-state index is 0.0142. The molecule has 0 spiro atoms. The van der Waals surface area contributed by atoms with Gasteiger partial charge in [-0.2, -0.15) is 0 Å². The van der Waals surface area contributed by atoms with E-state index in [4.69, 9.17) is 33.1 Å². The zero-order valence-electron chi connectivity index (χ0n) is 28.9. The number of primary amides is 1. The highest BCUT2D eigenvalue weighted by Crippen LogP contribution is 2.06. The average molecular weight is 764 g/mol. The van der Waals surface area contributed by atoms with Crippen LogP contribution in [0.3, 0.4) is 0 Å². The third kappa shape index (κ3) is 18.4. The molecule has 0 saturated heterocycles. The van der Waals surface area contributed by atoms with Crippen molar-refractivity contribution in [1.29, 1.82) is 0 Å². The summed E-state index contributed by atoms with van der Waals surface area (Å²) in [6.07, 6.45) is -3.67. The fourth-order valence-corrected chi connectivity index (χ4v) is 4.15. The van der Waals surface area contributed by atoms with Crippen LogP contribution in [-0.2, 0) is 43.2 Å². The number of carboxylic acids is 2. The summed E-state index contributed by atoms with van der Waals surface area (Å²) in [6, 6.07) is -11.4. The van der Waals surface area contributed by atoms with Gasteiger partial charge in [0.2, 0.25) is 41.4 Å². The van der Waals surface area contributed by atoms with Gasteiger partial charge in [-0.1, -0.05) is 0 Å². The van der Waals surface area contributed by atoms with Crippen molar-refractivity contribution >= 4 is 59.2 Å². The van der Waals surface area contributed by atoms with Crippen LogP contribution >= 0.6 is 0 Å². The van der Waals surface area contributed by atoms with Gasteiger partial charge in [0.25, 0.3) is 0 Å². The summed E-state index contributed by atoms with van der Waals surface area (Å²) in [5, 5.41) is 60.5. The van der Waals surface area contributed by atoms with E-state index in [1.807, 2.05) is 5.32 Å². The summed E-state index contributed by atoms with van der Waals surface area (Å²) in [6.45, 7) is 0.118. The van der Waals surface area contributed by atoms with Crippen molar-refractivity contribution < 1.29 is 68.7 Å². The van der Waals surface area contributed by atoms with Gasteiger partial charge in [0, 0.05) is 13.0 Å². The summed E-state index contributed by atoms with van der Waals surface area (Å²) in [5.41, 5.74) is 21.1. The van der Waals surface area contributed by atoms with Gasteiger partial charge in [-0.15, -0.1) is 0 Å². The van der Waals surface area contributed by atoms with Crippen LogP contribution in [0.1, 0.15) is 46.0 Å². The molecule has 300 valence electrons. The van der Waals surface area contributed by atoms with Crippen LogP contribution in [0.15, 0.2) is 4.99 Å². The number of aliphatic carboxylic acids is 2. The Bertz CT molecular complexity index is 1360. The molecule has 0 aliphatic heterocycles. The van der Waals surface area contributed by atoms with Crippen molar-refractivity contribution in [3.05, 3.63) is 0 Å². The van der Waals surface area contributed by atoms with Crippen molar-refractivity contribution in [3.8, 4) is 0 Å². The van der Waals surface area contributed by atoms with E-state index < -0.39 is 134 Å². The Morgan fingerprint density at radius 1 is 0.642 bits per heavy atom. The first-order valence-electron chi connectivity index (χ1n) is 15.9. The summed E-state index contributed by atoms with van der Waals surface area (Å²) < 4.78 is 0. The van der Waals surface area contributed by atoms with E-state index in [-0.39, 0.29) is 25.3 Å². The minimum atomic E-state index is -1.85. The monoisotopic (exact) mass is 763 g/mol. The normalized spacial score (nSPS) is 15.3. The molecule has 25 heteroatoms. The fraction of sp³-hybridized carbons (Fsp3) is 0.643. The van der Waals surface area contributed by atoms with Crippen LogP contribution in [0, 0.1) is 0 Å². The number of carbonyl (C=O) groups excluding carboxylic acids is 7. The van der Waals surface area contributed by atoms with E-state index in [1.165, 1.54) is 6.92 Å². The van der Waals surface area contributed by atoms with E-state index >= 15 is 0 Å². The lowest BCUT2D eigenvalue weighted by molar-refractivity contribution is -0.144. The van der Waals surface area contributed by atoms with Crippen molar-refractivity contribution in [1.82, 2.24) is 31.9 Å². The van der Waals surface area contributed by atoms with Crippen LogP contribution in [0.25, 0.3) is 0 Å². The first-order valence-corrected chi connectivity index (χ1v) is 15.9. The van der Waals surface area contributed by atoms with Gasteiger partial charge in [0.15, 0.2) is 5.96 Å². The number of aliphatic hydroxyl groups excluding tert-OH is 3. The predicted molar refractivity (Wildman–Crippen MR) is 179 cm³/mol. The third-order valence-electron chi connectivity index (χ3n) is 7.04. The maximum absolute atomic E-state index is 13.4. The van der Waals surface area contributed by atoms with Gasteiger partial charge in [-0.25, -0.2) is 4.79 Å². The Labute approximate surface area is 302 Å². The Morgan fingerprint density at radius 2 is 1.13 bits per heavy atom. The van der Waals surface area contributed by atoms with E-state index in [2.05, 4.69) is 31.6 Å². The van der Waals surface area contributed by atoms with Crippen LogP contribution in [-0.4, -0.2) is 153 Å². The Hall–Kier alpha value is -5.66. The number of guanidine groups is 1. The highest BCUT2D eigenvalue weighted by atomic mass is 16.4. The highest BCUT2D eigenvalue weighted by Gasteiger charge is 2.34. The number of carboxylic acid groups (broad SMARTS) is 2. The molecule has 25 nitrogen and oxygen atoms in total. The van der Waals surface area contributed by atoms with Crippen molar-refractivity contribution in [2.75, 3.05) is 19.8 Å². The maximum atomic E-state index is 13.4. The minimum Gasteiger partial charge on any atom is -0.481 e. The summed E-state index contributed by atoms with van der Waals surface area (Å²) in [5.74, 6) is -10.8. The molecule has 8 atom stereocenters. The Kier molecular flexibility index (Phi) is 21.2. The number of amides is 7. The van der Waals surface area contributed by atoms with E-state index in [1.54, 1.807) is 0 Å². The molecule has 0 aliphatic carbocycles. The molecule has 0 fully saturated rings. The number of hydrogen-bond acceptors (Lipinski definition) is 14. The fourth-order valence-electron chi connectivity index (χ4n) is 4.15. The smallest absolute Gasteiger partial charge is 0.328 e. The standard InChI is InChI=1S/C28H49N11O14/c1-11(34-22(47)13(29)8-18(30)43)21(46)37-16(9-40)25(50)39-20(12(2)42)26(51)36-14(4-3-7-33-28(31)32)23(48)35-15(5-6-19(44)45)24(49)38-17(10-41)27(52)53/h11-17,20,40-42H,3-10,29H2,1-2H3,(H2,30,43)(H,34,47)(H,35,48)(H,36,51)(H,37,46)(H,38,49)(H,39,50)(H,44,45)(H,52,53)(H4,31,32,33)/t11-,12+,13-,14-,15-,16-,17-,20-/m0/s1. The molecule has 0 aromatic carbocycles. The SMILES string of the molecule is C[C@H](NC(=O)[C@@H](N)CC(N)=O)C(=O)N[C@@H](CO)C(=O)N[C@H](C(=O)N[C@@H](CCCN=C(N)N)C(=O)N[C@@H](CCC(=O)O)C(=O)N[C@@H](CO)C(=O)O)[C@@H](C)O. The topological polar surface area (TPSA) is 443 Å². The maximum Gasteiger partial charge on any atom is 0.328 e. The Morgan fingerprint density at radius 3 is 1.60 bits per heavy atom. The quantitative estimate of drug-likeness (QED) is 0.0233. The molecule has 0 radical (unpaired) electrons. The molecule has 0 saturated carbocycles. The molecule has 0 bridgehead atoms. The van der Waals surface area contributed by atoms with Crippen molar-refractivity contribution in [3.63, 3.8) is 0 Å². The second-order valence-electron chi connectivity index (χ2n) is 11.6. The molecule has 7 amide bonds. The predicted octanol–water partition coefficient (Wildman–Crippen LogP) is -8.51. The number of rotatable bonds is 25. The lowest BCUT2D eigenvalue weighted by atomic mass is 10.1. The molecule has 0 aromatic rings. The van der Waals surface area contributed by atoms with Gasteiger partial charge in [0.05, 0.1) is 31.8 Å². The number of carbonyl (C=O) groups is 9.